The van der Waals surface area contributed by atoms with Crippen LogP contribution in [0.3, 0.4) is 0 Å². The van der Waals surface area contributed by atoms with Gasteiger partial charge in [-0.1, -0.05) is 12.1 Å². The van der Waals surface area contributed by atoms with Crippen LogP contribution in [-0.4, -0.2) is 31.9 Å². The number of nitrogens with zero attached hydrogens (tertiary/aromatic N) is 1. The maximum absolute atomic E-state index is 12.9. The van der Waals surface area contributed by atoms with Crippen molar-refractivity contribution in [3.63, 3.8) is 0 Å². The summed E-state index contributed by atoms with van der Waals surface area (Å²) in [6.07, 6.45) is 0.147. The van der Waals surface area contributed by atoms with Crippen molar-refractivity contribution in [3.8, 4) is 0 Å². The summed E-state index contributed by atoms with van der Waals surface area (Å²) in [6.45, 7) is 0.416. The van der Waals surface area contributed by atoms with Gasteiger partial charge in [0.25, 0.3) is 0 Å². The quantitative estimate of drug-likeness (QED) is 0.733. The summed E-state index contributed by atoms with van der Waals surface area (Å²) in [5.41, 5.74) is 1.95. The molecule has 1 aliphatic heterocycles. The van der Waals surface area contributed by atoms with Crippen molar-refractivity contribution in [1.82, 2.24) is 4.72 Å². The smallest absolute Gasteiger partial charge is 0.303 e. The standard InChI is InChI=1S/C19H19FN2O5S/c20-15-3-1-13(2-4-15)12-21-28(26,27)16-5-6-17-14(11-16)9-10-22(17)18(23)7-8-19(24)25/h1-6,11,21H,7-10,12H2,(H,24,25). The lowest BCUT2D eigenvalue weighted by atomic mass is 10.2. The van der Waals surface area contributed by atoms with Gasteiger partial charge in [-0.2, -0.15) is 0 Å². The summed E-state index contributed by atoms with van der Waals surface area (Å²) in [5, 5.41) is 8.71. The topological polar surface area (TPSA) is 104 Å². The van der Waals surface area contributed by atoms with Crippen LogP contribution in [0, 0.1) is 5.82 Å². The number of rotatable bonds is 7. The molecule has 0 aromatic heterocycles. The Balaban J connectivity index is 1.71. The predicted molar refractivity (Wildman–Crippen MR) is 99.8 cm³/mol. The molecule has 9 heteroatoms. The molecular formula is C19H19FN2O5S. The number of hydrogen-bond acceptors (Lipinski definition) is 4. The summed E-state index contributed by atoms with van der Waals surface area (Å²) >= 11 is 0. The Labute approximate surface area is 161 Å². The van der Waals surface area contributed by atoms with Crippen LogP contribution >= 0.6 is 0 Å². The summed E-state index contributed by atoms with van der Waals surface area (Å²) in [6, 6.07) is 10.0. The lowest BCUT2D eigenvalue weighted by molar-refractivity contribution is -0.138. The normalized spacial score (nSPS) is 13.4. The van der Waals surface area contributed by atoms with Crippen molar-refractivity contribution in [3.05, 3.63) is 59.4 Å². The number of carbonyl (C=O) groups is 2. The highest BCUT2D eigenvalue weighted by Gasteiger charge is 2.26. The third-order valence-corrected chi connectivity index (χ3v) is 5.89. The minimum absolute atomic E-state index is 0.0273. The second-order valence-corrected chi connectivity index (χ2v) is 8.20. The number of anilines is 1. The molecule has 0 saturated heterocycles. The van der Waals surface area contributed by atoms with Crippen molar-refractivity contribution < 1.29 is 27.5 Å². The number of hydrogen-bond donors (Lipinski definition) is 2. The summed E-state index contributed by atoms with van der Waals surface area (Å²) in [4.78, 5) is 24.4. The number of carbonyl (C=O) groups excluding carboxylic acids is 1. The molecule has 2 aromatic carbocycles. The monoisotopic (exact) mass is 406 g/mol. The molecule has 0 fully saturated rings. The molecule has 28 heavy (non-hydrogen) atoms. The fourth-order valence-corrected chi connectivity index (χ4v) is 4.09. The zero-order chi connectivity index (χ0) is 20.3. The molecule has 0 atom stereocenters. The number of halogens is 1. The van der Waals surface area contributed by atoms with Crippen LogP contribution in [0.15, 0.2) is 47.4 Å². The van der Waals surface area contributed by atoms with Gasteiger partial charge < -0.3 is 10.0 Å². The van der Waals surface area contributed by atoms with Crippen molar-refractivity contribution >= 4 is 27.6 Å². The van der Waals surface area contributed by atoms with Gasteiger partial charge in [0.2, 0.25) is 15.9 Å². The number of sulfonamides is 1. The molecule has 0 aliphatic carbocycles. The van der Waals surface area contributed by atoms with Gasteiger partial charge in [0.05, 0.1) is 11.3 Å². The van der Waals surface area contributed by atoms with E-state index in [4.69, 9.17) is 5.11 Å². The highest BCUT2D eigenvalue weighted by atomic mass is 32.2. The molecule has 0 saturated carbocycles. The average Bonchev–Trinajstić information content (AvgIpc) is 3.09. The maximum atomic E-state index is 12.9. The van der Waals surface area contributed by atoms with Crippen molar-refractivity contribution in [2.45, 2.75) is 30.7 Å². The molecule has 3 rings (SSSR count). The second kappa shape index (κ2) is 8.07. The number of aliphatic carboxylic acids is 1. The molecule has 7 nitrogen and oxygen atoms in total. The van der Waals surface area contributed by atoms with E-state index in [1.165, 1.54) is 41.3 Å². The van der Waals surface area contributed by atoms with E-state index in [0.29, 0.717) is 29.8 Å². The summed E-state index contributed by atoms with van der Waals surface area (Å²) in [5.74, 6) is -1.74. The maximum Gasteiger partial charge on any atom is 0.303 e. The van der Waals surface area contributed by atoms with Crippen LogP contribution in [-0.2, 0) is 32.6 Å². The van der Waals surface area contributed by atoms with Gasteiger partial charge in [0.15, 0.2) is 0 Å². The van der Waals surface area contributed by atoms with Gasteiger partial charge in [-0.25, -0.2) is 17.5 Å². The van der Waals surface area contributed by atoms with Gasteiger partial charge in [-0.3, -0.25) is 9.59 Å². The van der Waals surface area contributed by atoms with E-state index in [-0.39, 0.29) is 30.2 Å². The third kappa shape index (κ3) is 4.55. The first-order valence-electron chi connectivity index (χ1n) is 8.65. The molecule has 2 aromatic rings. The van der Waals surface area contributed by atoms with E-state index < -0.39 is 21.8 Å². The van der Waals surface area contributed by atoms with Gasteiger partial charge in [-0.05, 0) is 47.9 Å². The van der Waals surface area contributed by atoms with Crippen LogP contribution in [0.2, 0.25) is 0 Å². The molecule has 1 amide bonds. The summed E-state index contributed by atoms with van der Waals surface area (Å²) < 4.78 is 40.5. The lowest BCUT2D eigenvalue weighted by Crippen LogP contribution is -2.29. The Morgan fingerprint density at radius 3 is 2.50 bits per heavy atom. The minimum Gasteiger partial charge on any atom is -0.481 e. The van der Waals surface area contributed by atoms with E-state index >= 15 is 0 Å². The largest absolute Gasteiger partial charge is 0.481 e. The number of carboxylic acid groups (broad SMARTS) is 1. The fraction of sp³-hybridized carbons (Fsp3) is 0.263. The molecule has 1 aliphatic rings. The zero-order valence-corrected chi connectivity index (χ0v) is 15.7. The first-order chi connectivity index (χ1) is 13.3. The Morgan fingerprint density at radius 1 is 1.11 bits per heavy atom. The Hall–Kier alpha value is -2.78. The molecule has 2 N–H and O–H groups in total. The second-order valence-electron chi connectivity index (χ2n) is 6.43. The zero-order valence-electron chi connectivity index (χ0n) is 14.9. The fourth-order valence-electron chi connectivity index (χ4n) is 3.02. The van der Waals surface area contributed by atoms with Crippen molar-refractivity contribution in [1.29, 1.82) is 0 Å². The van der Waals surface area contributed by atoms with Crippen molar-refractivity contribution in [2.75, 3.05) is 11.4 Å². The molecule has 1 heterocycles. The first-order valence-corrected chi connectivity index (χ1v) is 10.1. The number of nitrogens with one attached hydrogen (secondary N) is 1. The number of amides is 1. The first kappa shape index (κ1) is 20.0. The summed E-state index contributed by atoms with van der Waals surface area (Å²) in [7, 11) is -3.77. The molecule has 0 radical (unpaired) electrons. The third-order valence-electron chi connectivity index (χ3n) is 4.49. The van der Waals surface area contributed by atoms with E-state index in [1.807, 2.05) is 0 Å². The highest BCUT2D eigenvalue weighted by Crippen LogP contribution is 2.30. The molecule has 148 valence electrons. The number of fused-ring (bicyclic) bond motifs is 1. The van der Waals surface area contributed by atoms with Crippen LogP contribution in [0.4, 0.5) is 10.1 Å². The van der Waals surface area contributed by atoms with Crippen molar-refractivity contribution in [2.24, 2.45) is 0 Å². The Bertz CT molecular complexity index is 1010. The van der Waals surface area contributed by atoms with Crippen LogP contribution in [0.5, 0.6) is 0 Å². The minimum atomic E-state index is -3.77. The molecular weight excluding hydrogens is 387 g/mol. The van der Waals surface area contributed by atoms with Crippen LogP contribution < -0.4 is 9.62 Å². The van der Waals surface area contributed by atoms with E-state index in [1.54, 1.807) is 6.07 Å². The van der Waals surface area contributed by atoms with Gasteiger partial charge in [0, 0.05) is 25.2 Å². The number of benzene rings is 2. The number of carboxylic acids is 1. The molecule has 0 unspecified atom stereocenters. The van der Waals surface area contributed by atoms with Gasteiger partial charge in [-0.15, -0.1) is 0 Å². The molecule has 0 bridgehead atoms. The van der Waals surface area contributed by atoms with Crippen LogP contribution in [0.1, 0.15) is 24.0 Å². The van der Waals surface area contributed by atoms with E-state index in [9.17, 15) is 22.4 Å². The molecule has 0 spiro atoms. The average molecular weight is 406 g/mol. The lowest BCUT2D eigenvalue weighted by Gasteiger charge is -2.17. The van der Waals surface area contributed by atoms with Gasteiger partial charge >= 0.3 is 5.97 Å². The van der Waals surface area contributed by atoms with E-state index in [0.717, 1.165) is 0 Å². The van der Waals surface area contributed by atoms with Crippen LogP contribution in [0.25, 0.3) is 0 Å². The predicted octanol–water partition coefficient (Wildman–Crippen LogP) is 2.06. The highest BCUT2D eigenvalue weighted by molar-refractivity contribution is 7.89. The SMILES string of the molecule is O=C(O)CCC(=O)N1CCc2cc(S(=O)(=O)NCc3ccc(F)cc3)ccc21. The Morgan fingerprint density at radius 2 is 1.82 bits per heavy atom. The van der Waals surface area contributed by atoms with Gasteiger partial charge in [0.1, 0.15) is 5.82 Å². The Kier molecular flexibility index (Phi) is 5.76. The van der Waals surface area contributed by atoms with E-state index in [2.05, 4.69) is 4.72 Å².